The van der Waals surface area contributed by atoms with Gasteiger partial charge in [0, 0.05) is 19.0 Å². The second-order valence-corrected chi connectivity index (χ2v) is 5.33. The Morgan fingerprint density at radius 2 is 2.10 bits per heavy atom. The number of aryl methyl sites for hydroxylation is 1. The number of hydrogen-bond donors (Lipinski definition) is 3. The Morgan fingerprint density at radius 1 is 1.33 bits per heavy atom. The number of benzene rings is 1. The summed E-state index contributed by atoms with van der Waals surface area (Å²) in [4.78, 5) is 22.1. The van der Waals surface area contributed by atoms with E-state index in [4.69, 9.17) is 5.11 Å². The highest BCUT2D eigenvalue weighted by molar-refractivity contribution is 5.74. The van der Waals surface area contributed by atoms with Gasteiger partial charge in [0.05, 0.1) is 0 Å². The first-order valence-corrected chi connectivity index (χ1v) is 7.29. The fourth-order valence-electron chi connectivity index (χ4n) is 2.09. The molecule has 0 heterocycles. The van der Waals surface area contributed by atoms with Crippen LogP contribution in [0.5, 0.6) is 0 Å². The van der Waals surface area contributed by atoms with E-state index in [1.165, 1.54) is 11.1 Å². The number of rotatable bonds is 8. The number of amides is 2. The van der Waals surface area contributed by atoms with Crippen molar-refractivity contribution >= 4 is 12.0 Å². The van der Waals surface area contributed by atoms with Gasteiger partial charge in [-0.15, -0.1) is 0 Å². The lowest BCUT2D eigenvalue weighted by Crippen LogP contribution is -2.41. The third-order valence-electron chi connectivity index (χ3n) is 3.19. The highest BCUT2D eigenvalue weighted by Crippen LogP contribution is 2.04. The quantitative estimate of drug-likeness (QED) is 0.688. The number of urea groups is 1. The summed E-state index contributed by atoms with van der Waals surface area (Å²) in [5, 5.41) is 14.2. The van der Waals surface area contributed by atoms with Gasteiger partial charge in [0.25, 0.3) is 0 Å². The van der Waals surface area contributed by atoms with Gasteiger partial charge in [0.2, 0.25) is 0 Å². The fourth-order valence-corrected chi connectivity index (χ4v) is 2.09. The van der Waals surface area contributed by atoms with Gasteiger partial charge in [0.1, 0.15) is 0 Å². The number of carboxylic acid groups (broad SMARTS) is 1. The standard InChI is InChI=1S/C16H24N2O3/c1-12-5-3-7-14(11-12)9-10-17-16(21)18-13(2)6-4-8-15(19)20/h3,5,7,11,13H,4,6,8-10H2,1-2H3,(H,19,20)(H2,17,18,21). The highest BCUT2D eigenvalue weighted by Gasteiger charge is 2.07. The Hall–Kier alpha value is -2.04. The van der Waals surface area contributed by atoms with Crippen molar-refractivity contribution in [2.24, 2.45) is 0 Å². The Morgan fingerprint density at radius 3 is 2.76 bits per heavy atom. The first kappa shape index (κ1) is 17.0. The second-order valence-electron chi connectivity index (χ2n) is 5.33. The van der Waals surface area contributed by atoms with Crippen LogP contribution in [0.25, 0.3) is 0 Å². The predicted molar refractivity (Wildman–Crippen MR) is 82.4 cm³/mol. The summed E-state index contributed by atoms with van der Waals surface area (Å²) in [6.07, 6.45) is 2.17. The number of aliphatic carboxylic acids is 1. The molecule has 0 aliphatic carbocycles. The first-order valence-electron chi connectivity index (χ1n) is 7.29. The molecule has 1 rings (SSSR count). The number of nitrogens with one attached hydrogen (secondary N) is 2. The van der Waals surface area contributed by atoms with E-state index < -0.39 is 5.97 Å². The van der Waals surface area contributed by atoms with Crippen molar-refractivity contribution in [3.05, 3.63) is 35.4 Å². The van der Waals surface area contributed by atoms with Gasteiger partial charge in [-0.3, -0.25) is 4.79 Å². The van der Waals surface area contributed by atoms with E-state index in [2.05, 4.69) is 16.7 Å². The number of carbonyl (C=O) groups excluding carboxylic acids is 1. The van der Waals surface area contributed by atoms with Crippen molar-refractivity contribution in [1.82, 2.24) is 10.6 Å². The highest BCUT2D eigenvalue weighted by atomic mass is 16.4. The van der Waals surface area contributed by atoms with Crippen molar-refractivity contribution in [1.29, 1.82) is 0 Å². The average Bonchev–Trinajstić information content (AvgIpc) is 2.38. The maximum absolute atomic E-state index is 11.7. The van der Waals surface area contributed by atoms with Gasteiger partial charge >= 0.3 is 12.0 Å². The lowest BCUT2D eigenvalue weighted by Gasteiger charge is -2.14. The Kier molecular flexibility index (Phi) is 7.29. The van der Waals surface area contributed by atoms with E-state index >= 15 is 0 Å². The third-order valence-corrected chi connectivity index (χ3v) is 3.19. The number of hydrogen-bond acceptors (Lipinski definition) is 2. The molecule has 1 unspecified atom stereocenters. The smallest absolute Gasteiger partial charge is 0.315 e. The fraction of sp³-hybridized carbons (Fsp3) is 0.500. The van der Waals surface area contributed by atoms with Crippen LogP contribution in [0.4, 0.5) is 4.79 Å². The normalized spacial score (nSPS) is 11.7. The molecular formula is C16H24N2O3. The van der Waals surface area contributed by atoms with Crippen LogP contribution in [0, 0.1) is 6.92 Å². The molecule has 5 heteroatoms. The van der Waals surface area contributed by atoms with Gasteiger partial charge < -0.3 is 15.7 Å². The van der Waals surface area contributed by atoms with Gasteiger partial charge in [-0.2, -0.15) is 0 Å². The van der Waals surface area contributed by atoms with Crippen LogP contribution in [0.15, 0.2) is 24.3 Å². The minimum absolute atomic E-state index is 0.0247. The van der Waals surface area contributed by atoms with E-state index in [-0.39, 0.29) is 18.5 Å². The largest absolute Gasteiger partial charge is 0.481 e. The van der Waals surface area contributed by atoms with Crippen molar-refractivity contribution < 1.29 is 14.7 Å². The minimum Gasteiger partial charge on any atom is -0.481 e. The van der Waals surface area contributed by atoms with Crippen LogP contribution in [-0.4, -0.2) is 29.7 Å². The van der Waals surface area contributed by atoms with Crippen LogP contribution in [0.1, 0.15) is 37.3 Å². The summed E-state index contributed by atoms with van der Waals surface area (Å²) in [7, 11) is 0. The molecule has 1 atom stereocenters. The minimum atomic E-state index is -0.801. The molecule has 1 aromatic rings. The molecule has 0 radical (unpaired) electrons. The third kappa shape index (κ3) is 7.97. The summed E-state index contributed by atoms with van der Waals surface area (Å²) in [6, 6.07) is 7.97. The molecule has 0 aromatic heterocycles. The van der Waals surface area contributed by atoms with Crippen LogP contribution in [0.2, 0.25) is 0 Å². The van der Waals surface area contributed by atoms with E-state index in [1.807, 2.05) is 32.0 Å². The van der Waals surface area contributed by atoms with Crippen molar-refractivity contribution in [3.63, 3.8) is 0 Å². The van der Waals surface area contributed by atoms with Crippen LogP contribution < -0.4 is 10.6 Å². The van der Waals surface area contributed by atoms with Gasteiger partial charge in [-0.25, -0.2) is 4.79 Å². The van der Waals surface area contributed by atoms with Gasteiger partial charge in [-0.05, 0) is 38.7 Å². The molecule has 5 nitrogen and oxygen atoms in total. The topological polar surface area (TPSA) is 78.4 Å². The maximum Gasteiger partial charge on any atom is 0.315 e. The Balaban J connectivity index is 2.17. The summed E-state index contributed by atoms with van der Waals surface area (Å²) in [5.41, 5.74) is 2.41. The number of carboxylic acids is 1. The van der Waals surface area contributed by atoms with Crippen LogP contribution in [0.3, 0.4) is 0 Å². The zero-order valence-electron chi connectivity index (χ0n) is 12.7. The molecule has 0 fully saturated rings. The lowest BCUT2D eigenvalue weighted by molar-refractivity contribution is -0.137. The summed E-state index contributed by atoms with van der Waals surface area (Å²) < 4.78 is 0. The molecular weight excluding hydrogens is 268 g/mol. The molecule has 0 aliphatic rings. The summed E-state index contributed by atoms with van der Waals surface area (Å²) >= 11 is 0. The second kappa shape index (κ2) is 9.00. The Bertz CT molecular complexity index is 474. The zero-order valence-corrected chi connectivity index (χ0v) is 12.7. The molecule has 1 aromatic carbocycles. The summed E-state index contributed by atoms with van der Waals surface area (Å²) in [6.45, 7) is 4.50. The monoisotopic (exact) mass is 292 g/mol. The predicted octanol–water partition coefficient (Wildman–Crippen LogP) is 2.48. The molecule has 116 valence electrons. The number of carbonyl (C=O) groups is 2. The molecule has 0 saturated heterocycles. The van der Waals surface area contributed by atoms with Gasteiger partial charge in [0.15, 0.2) is 0 Å². The molecule has 2 amide bonds. The van der Waals surface area contributed by atoms with E-state index in [1.54, 1.807) is 0 Å². The van der Waals surface area contributed by atoms with Gasteiger partial charge in [-0.1, -0.05) is 29.8 Å². The molecule has 21 heavy (non-hydrogen) atoms. The maximum atomic E-state index is 11.7. The van der Waals surface area contributed by atoms with E-state index in [0.29, 0.717) is 19.4 Å². The zero-order chi connectivity index (χ0) is 15.7. The lowest BCUT2D eigenvalue weighted by atomic mass is 10.1. The Labute approximate surface area is 125 Å². The first-order chi connectivity index (χ1) is 9.97. The van der Waals surface area contributed by atoms with Crippen molar-refractivity contribution in [2.75, 3.05) is 6.54 Å². The van der Waals surface area contributed by atoms with Crippen LogP contribution in [-0.2, 0) is 11.2 Å². The molecule has 0 bridgehead atoms. The van der Waals surface area contributed by atoms with Crippen LogP contribution >= 0.6 is 0 Å². The SMILES string of the molecule is Cc1cccc(CCNC(=O)NC(C)CCCC(=O)O)c1. The van der Waals surface area contributed by atoms with E-state index in [9.17, 15) is 9.59 Å². The molecule has 3 N–H and O–H groups in total. The molecule has 0 spiro atoms. The van der Waals surface area contributed by atoms with Crippen molar-refractivity contribution in [3.8, 4) is 0 Å². The van der Waals surface area contributed by atoms with Crippen molar-refractivity contribution in [2.45, 2.75) is 45.6 Å². The molecule has 0 saturated carbocycles. The molecule has 0 aliphatic heterocycles. The average molecular weight is 292 g/mol. The summed E-state index contributed by atoms with van der Waals surface area (Å²) in [5.74, 6) is -0.801. The van der Waals surface area contributed by atoms with E-state index in [0.717, 1.165) is 6.42 Å².